The zero-order valence-electron chi connectivity index (χ0n) is 12.0. The normalized spacial score (nSPS) is 20.3. The Morgan fingerprint density at radius 2 is 2.19 bits per heavy atom. The maximum absolute atomic E-state index is 12.3. The number of nitrogens with zero attached hydrogens (tertiary/aromatic N) is 1. The Labute approximate surface area is 130 Å². The molecule has 0 aliphatic carbocycles. The molecule has 1 unspecified atom stereocenters. The number of amides is 2. The Morgan fingerprint density at radius 3 is 2.95 bits per heavy atom. The topological polar surface area (TPSA) is 61.4 Å². The number of likely N-dealkylation sites (tertiary alicyclic amines) is 1. The van der Waals surface area contributed by atoms with Crippen LogP contribution in [0.3, 0.4) is 0 Å². The van der Waals surface area contributed by atoms with Crippen LogP contribution in [0.4, 0.5) is 5.69 Å². The van der Waals surface area contributed by atoms with E-state index < -0.39 is 0 Å². The summed E-state index contributed by atoms with van der Waals surface area (Å²) >= 11 is 0. The lowest BCUT2D eigenvalue weighted by Gasteiger charge is -2.30. The molecule has 1 atom stereocenters. The molecule has 1 aromatic rings. The van der Waals surface area contributed by atoms with E-state index in [2.05, 4.69) is 10.6 Å². The van der Waals surface area contributed by atoms with Crippen LogP contribution in [0.15, 0.2) is 18.2 Å². The first-order chi connectivity index (χ1) is 9.63. The fourth-order valence-corrected chi connectivity index (χ4v) is 2.84. The van der Waals surface area contributed by atoms with E-state index in [4.69, 9.17) is 0 Å². The van der Waals surface area contributed by atoms with E-state index in [1.165, 1.54) is 5.56 Å². The summed E-state index contributed by atoms with van der Waals surface area (Å²) in [6.45, 7) is 1.53. The number of hydrogen-bond acceptors (Lipinski definition) is 3. The molecule has 0 spiro atoms. The highest BCUT2D eigenvalue weighted by molar-refractivity contribution is 5.95. The third-order valence-corrected chi connectivity index (χ3v) is 4.04. The molecule has 1 fully saturated rings. The molecule has 5 nitrogen and oxygen atoms in total. The molecule has 2 heterocycles. The van der Waals surface area contributed by atoms with Crippen molar-refractivity contribution in [3.05, 3.63) is 29.3 Å². The molecule has 114 valence electrons. The van der Waals surface area contributed by atoms with Crippen LogP contribution in [0.1, 0.15) is 28.8 Å². The van der Waals surface area contributed by atoms with Gasteiger partial charge >= 0.3 is 0 Å². The summed E-state index contributed by atoms with van der Waals surface area (Å²) in [7, 11) is 1.78. The van der Waals surface area contributed by atoms with Crippen molar-refractivity contribution in [3.63, 3.8) is 0 Å². The van der Waals surface area contributed by atoms with Crippen LogP contribution in [-0.4, -0.2) is 42.9 Å². The largest absolute Gasteiger partial charge is 0.384 e. The number of anilines is 1. The van der Waals surface area contributed by atoms with Crippen molar-refractivity contribution in [2.24, 2.45) is 0 Å². The number of carbonyl (C=O) groups excluding carboxylic acids is 2. The predicted octanol–water partition coefficient (Wildman–Crippen LogP) is 1.43. The molecule has 0 radical (unpaired) electrons. The Morgan fingerprint density at radius 1 is 1.38 bits per heavy atom. The molecule has 2 aliphatic rings. The maximum atomic E-state index is 12.3. The van der Waals surface area contributed by atoms with Gasteiger partial charge in [-0.2, -0.15) is 0 Å². The zero-order chi connectivity index (χ0) is 14.1. The third-order valence-electron chi connectivity index (χ3n) is 4.04. The number of likely N-dealkylation sites (N-methyl/N-ethyl adjacent to an activating group) is 1. The summed E-state index contributed by atoms with van der Waals surface area (Å²) in [4.78, 5) is 25.4. The number of rotatable bonds is 2. The second kappa shape index (κ2) is 6.35. The number of nitrogens with one attached hydrogen (secondary N) is 2. The van der Waals surface area contributed by atoms with E-state index in [9.17, 15) is 9.59 Å². The first-order valence-electron chi connectivity index (χ1n) is 7.05. The van der Waals surface area contributed by atoms with Gasteiger partial charge in [-0.25, -0.2) is 0 Å². The number of carbonyl (C=O) groups is 2. The second-order valence-electron chi connectivity index (χ2n) is 5.53. The van der Waals surface area contributed by atoms with Gasteiger partial charge in [-0.15, -0.1) is 12.4 Å². The van der Waals surface area contributed by atoms with Crippen molar-refractivity contribution in [2.75, 3.05) is 25.5 Å². The maximum Gasteiger partial charge on any atom is 0.251 e. The van der Waals surface area contributed by atoms with Gasteiger partial charge in [0.15, 0.2) is 0 Å². The second-order valence-corrected chi connectivity index (χ2v) is 5.53. The van der Waals surface area contributed by atoms with Gasteiger partial charge in [0.25, 0.3) is 5.91 Å². The number of piperidine rings is 1. The van der Waals surface area contributed by atoms with E-state index in [-0.39, 0.29) is 30.3 Å². The molecular formula is C15H20ClN3O2. The summed E-state index contributed by atoms with van der Waals surface area (Å²) in [5, 5.41) is 6.31. The summed E-state index contributed by atoms with van der Waals surface area (Å²) in [6.07, 6.45) is 2.20. The molecular weight excluding hydrogens is 290 g/mol. The molecule has 1 saturated heterocycles. The van der Waals surface area contributed by atoms with E-state index in [0.29, 0.717) is 18.5 Å². The van der Waals surface area contributed by atoms with E-state index in [1.807, 2.05) is 18.2 Å². The molecule has 1 aromatic carbocycles. The fraction of sp³-hybridized carbons (Fsp3) is 0.467. The minimum atomic E-state index is -0.0487. The molecule has 3 rings (SSSR count). The van der Waals surface area contributed by atoms with Gasteiger partial charge in [0.05, 0.1) is 0 Å². The minimum Gasteiger partial charge on any atom is -0.384 e. The van der Waals surface area contributed by atoms with Crippen LogP contribution in [0.2, 0.25) is 0 Å². The van der Waals surface area contributed by atoms with Gasteiger partial charge in [-0.05, 0) is 36.6 Å². The molecule has 21 heavy (non-hydrogen) atoms. The molecule has 0 saturated carbocycles. The smallest absolute Gasteiger partial charge is 0.251 e. The lowest BCUT2D eigenvalue weighted by atomic mass is 10.0. The van der Waals surface area contributed by atoms with Gasteiger partial charge < -0.3 is 15.5 Å². The Bertz CT molecular complexity index is 562. The highest BCUT2D eigenvalue weighted by Gasteiger charge is 2.24. The lowest BCUT2D eigenvalue weighted by Crippen LogP contribution is -2.48. The standard InChI is InChI=1S/C15H19N3O2.ClH/c1-18-9-12(3-5-14(18)19)17-15(20)11-2-4-13-10(8-11)6-7-16-13;/h2,4,8,12,16H,3,5-7,9H2,1H3,(H,17,20);1H. The number of halogens is 1. The highest BCUT2D eigenvalue weighted by Crippen LogP contribution is 2.23. The van der Waals surface area contributed by atoms with E-state index in [0.717, 1.165) is 25.1 Å². The van der Waals surface area contributed by atoms with Crippen molar-refractivity contribution < 1.29 is 9.59 Å². The average molecular weight is 310 g/mol. The van der Waals surface area contributed by atoms with Crippen LogP contribution in [0.5, 0.6) is 0 Å². The van der Waals surface area contributed by atoms with Crippen LogP contribution in [-0.2, 0) is 11.2 Å². The summed E-state index contributed by atoms with van der Waals surface area (Å²) in [5.74, 6) is 0.103. The first-order valence-corrected chi connectivity index (χ1v) is 7.05. The van der Waals surface area contributed by atoms with Gasteiger partial charge in [0.2, 0.25) is 5.91 Å². The average Bonchev–Trinajstić information content (AvgIpc) is 2.90. The molecule has 2 N–H and O–H groups in total. The van der Waals surface area contributed by atoms with Gasteiger partial charge in [0, 0.05) is 43.9 Å². The first kappa shape index (κ1) is 15.6. The Balaban J connectivity index is 0.00000161. The molecule has 2 amide bonds. The molecule has 2 aliphatic heterocycles. The SMILES string of the molecule is CN1CC(NC(=O)c2ccc3c(c2)CCN3)CCC1=O.Cl. The monoisotopic (exact) mass is 309 g/mol. The Kier molecular flexibility index (Phi) is 4.73. The van der Waals surface area contributed by atoms with Crippen molar-refractivity contribution >= 4 is 29.9 Å². The van der Waals surface area contributed by atoms with Crippen LogP contribution >= 0.6 is 12.4 Å². The Hall–Kier alpha value is -1.75. The quantitative estimate of drug-likeness (QED) is 0.869. The van der Waals surface area contributed by atoms with Crippen LogP contribution in [0.25, 0.3) is 0 Å². The van der Waals surface area contributed by atoms with E-state index >= 15 is 0 Å². The van der Waals surface area contributed by atoms with Crippen molar-refractivity contribution in [3.8, 4) is 0 Å². The predicted molar refractivity (Wildman–Crippen MR) is 84.0 cm³/mol. The van der Waals surface area contributed by atoms with Gasteiger partial charge in [-0.1, -0.05) is 0 Å². The molecule has 0 bridgehead atoms. The third kappa shape index (κ3) is 3.29. The van der Waals surface area contributed by atoms with Crippen molar-refractivity contribution in [1.29, 1.82) is 0 Å². The van der Waals surface area contributed by atoms with Crippen molar-refractivity contribution in [1.82, 2.24) is 10.2 Å². The summed E-state index contributed by atoms with van der Waals surface area (Å²) < 4.78 is 0. The molecule has 6 heteroatoms. The van der Waals surface area contributed by atoms with E-state index in [1.54, 1.807) is 11.9 Å². The van der Waals surface area contributed by atoms with Crippen LogP contribution in [0, 0.1) is 0 Å². The lowest BCUT2D eigenvalue weighted by molar-refractivity contribution is -0.132. The minimum absolute atomic E-state index is 0. The van der Waals surface area contributed by atoms with Gasteiger partial charge in [0.1, 0.15) is 0 Å². The highest BCUT2D eigenvalue weighted by atomic mass is 35.5. The number of hydrogen-bond donors (Lipinski definition) is 2. The molecule has 0 aromatic heterocycles. The fourth-order valence-electron chi connectivity index (χ4n) is 2.84. The van der Waals surface area contributed by atoms with Crippen LogP contribution < -0.4 is 10.6 Å². The van der Waals surface area contributed by atoms with Gasteiger partial charge in [-0.3, -0.25) is 9.59 Å². The number of benzene rings is 1. The summed E-state index contributed by atoms with van der Waals surface area (Å²) in [6, 6.07) is 5.83. The summed E-state index contributed by atoms with van der Waals surface area (Å²) in [5.41, 5.74) is 3.03. The number of fused-ring (bicyclic) bond motifs is 1. The van der Waals surface area contributed by atoms with Crippen molar-refractivity contribution in [2.45, 2.75) is 25.3 Å². The zero-order valence-corrected chi connectivity index (χ0v) is 12.8.